The van der Waals surface area contributed by atoms with Gasteiger partial charge in [-0.2, -0.15) is 0 Å². The SMILES string of the molecule is Cc1c(C(=O)O)c(C)n2c1CNCC2. The highest BCUT2D eigenvalue weighted by molar-refractivity contribution is 5.91. The van der Waals surface area contributed by atoms with Gasteiger partial charge >= 0.3 is 5.97 Å². The number of fused-ring (bicyclic) bond motifs is 1. The number of carboxylic acids is 1. The Hall–Kier alpha value is -1.29. The fourth-order valence-corrected chi connectivity index (χ4v) is 2.20. The third kappa shape index (κ3) is 1.14. The number of nitrogens with zero attached hydrogens (tertiary/aromatic N) is 1. The summed E-state index contributed by atoms with van der Waals surface area (Å²) in [5.74, 6) is -0.818. The molecule has 1 aromatic rings. The minimum Gasteiger partial charge on any atom is -0.478 e. The average molecular weight is 194 g/mol. The van der Waals surface area contributed by atoms with Crippen LogP contribution >= 0.6 is 0 Å². The predicted octanol–water partition coefficient (Wildman–Crippen LogP) is 0.906. The normalized spacial score (nSPS) is 15.3. The number of carbonyl (C=O) groups is 1. The second kappa shape index (κ2) is 3.13. The molecule has 0 saturated heterocycles. The summed E-state index contributed by atoms with van der Waals surface area (Å²) in [5, 5.41) is 12.3. The number of carboxylic acid groups (broad SMARTS) is 1. The van der Waals surface area contributed by atoms with Gasteiger partial charge in [0.15, 0.2) is 0 Å². The van der Waals surface area contributed by atoms with Crippen molar-refractivity contribution in [1.82, 2.24) is 9.88 Å². The Morgan fingerprint density at radius 2 is 2.21 bits per heavy atom. The van der Waals surface area contributed by atoms with Crippen molar-refractivity contribution in [2.24, 2.45) is 0 Å². The molecule has 14 heavy (non-hydrogen) atoms. The molecule has 0 fully saturated rings. The van der Waals surface area contributed by atoms with Gasteiger partial charge in [-0.05, 0) is 19.4 Å². The molecule has 1 aliphatic heterocycles. The van der Waals surface area contributed by atoms with E-state index in [1.54, 1.807) is 0 Å². The fraction of sp³-hybridized carbons (Fsp3) is 0.500. The molecule has 0 saturated carbocycles. The maximum absolute atomic E-state index is 11.0. The van der Waals surface area contributed by atoms with Gasteiger partial charge in [-0.25, -0.2) is 4.79 Å². The van der Waals surface area contributed by atoms with Crippen molar-refractivity contribution in [3.63, 3.8) is 0 Å². The van der Waals surface area contributed by atoms with Crippen molar-refractivity contribution in [2.75, 3.05) is 6.54 Å². The molecule has 0 unspecified atom stereocenters. The van der Waals surface area contributed by atoms with Crippen molar-refractivity contribution in [3.8, 4) is 0 Å². The molecule has 4 nitrogen and oxygen atoms in total. The molecule has 0 radical (unpaired) electrons. The molecule has 0 bridgehead atoms. The van der Waals surface area contributed by atoms with E-state index in [-0.39, 0.29) is 0 Å². The molecule has 4 heteroatoms. The van der Waals surface area contributed by atoms with Crippen molar-refractivity contribution in [1.29, 1.82) is 0 Å². The first-order chi connectivity index (χ1) is 6.63. The largest absolute Gasteiger partial charge is 0.478 e. The zero-order valence-electron chi connectivity index (χ0n) is 8.42. The number of nitrogens with one attached hydrogen (secondary N) is 1. The molecule has 2 heterocycles. The number of aromatic carboxylic acids is 1. The summed E-state index contributed by atoms with van der Waals surface area (Å²) in [6.45, 7) is 6.33. The van der Waals surface area contributed by atoms with E-state index in [0.717, 1.165) is 36.6 Å². The minimum absolute atomic E-state index is 0.476. The van der Waals surface area contributed by atoms with Crippen LogP contribution in [0.1, 0.15) is 27.3 Å². The summed E-state index contributed by atoms with van der Waals surface area (Å²) in [5.41, 5.74) is 3.38. The third-order valence-corrected chi connectivity index (χ3v) is 2.92. The van der Waals surface area contributed by atoms with Crippen LogP contribution in [0.15, 0.2) is 0 Å². The third-order valence-electron chi connectivity index (χ3n) is 2.92. The van der Waals surface area contributed by atoms with E-state index in [0.29, 0.717) is 5.56 Å². The summed E-state index contributed by atoms with van der Waals surface area (Å²) in [6.07, 6.45) is 0. The minimum atomic E-state index is -0.818. The van der Waals surface area contributed by atoms with Crippen LogP contribution in [0.25, 0.3) is 0 Å². The summed E-state index contributed by atoms with van der Waals surface area (Å²) in [4.78, 5) is 11.0. The quantitative estimate of drug-likeness (QED) is 0.698. The second-order valence-corrected chi connectivity index (χ2v) is 3.67. The first-order valence-corrected chi connectivity index (χ1v) is 4.75. The molecular formula is C10H14N2O2. The van der Waals surface area contributed by atoms with Gasteiger partial charge in [-0.15, -0.1) is 0 Å². The van der Waals surface area contributed by atoms with Gasteiger partial charge < -0.3 is 15.0 Å². The first-order valence-electron chi connectivity index (χ1n) is 4.75. The number of rotatable bonds is 1. The smallest absolute Gasteiger partial charge is 0.337 e. The number of hydrogen-bond acceptors (Lipinski definition) is 2. The lowest BCUT2D eigenvalue weighted by molar-refractivity contribution is 0.0695. The van der Waals surface area contributed by atoms with Gasteiger partial charge in [0.25, 0.3) is 0 Å². The van der Waals surface area contributed by atoms with Crippen molar-refractivity contribution >= 4 is 5.97 Å². The lowest BCUT2D eigenvalue weighted by atomic mass is 10.1. The zero-order valence-corrected chi connectivity index (χ0v) is 8.42. The zero-order chi connectivity index (χ0) is 10.3. The van der Waals surface area contributed by atoms with Gasteiger partial charge in [0.1, 0.15) is 0 Å². The Balaban J connectivity index is 2.63. The Bertz CT molecular complexity index is 364. The highest BCUT2D eigenvalue weighted by Crippen LogP contribution is 2.23. The second-order valence-electron chi connectivity index (χ2n) is 3.67. The summed E-state index contributed by atoms with van der Waals surface area (Å²) >= 11 is 0. The van der Waals surface area contributed by atoms with Crippen molar-refractivity contribution in [2.45, 2.75) is 26.9 Å². The molecule has 0 aliphatic carbocycles. The predicted molar refractivity (Wildman–Crippen MR) is 52.6 cm³/mol. The van der Waals surface area contributed by atoms with E-state index in [1.807, 2.05) is 13.8 Å². The van der Waals surface area contributed by atoms with Crippen LogP contribution in [0.2, 0.25) is 0 Å². The summed E-state index contributed by atoms with van der Waals surface area (Å²) in [6, 6.07) is 0. The van der Waals surface area contributed by atoms with E-state index in [4.69, 9.17) is 5.11 Å². The van der Waals surface area contributed by atoms with E-state index in [2.05, 4.69) is 9.88 Å². The maximum atomic E-state index is 11.0. The van der Waals surface area contributed by atoms with Crippen LogP contribution < -0.4 is 5.32 Å². The van der Waals surface area contributed by atoms with Crippen LogP contribution in [0, 0.1) is 13.8 Å². The standard InChI is InChI=1S/C10H14N2O2/c1-6-8-5-11-3-4-12(8)7(2)9(6)10(13)14/h11H,3-5H2,1-2H3,(H,13,14). The molecule has 0 atom stereocenters. The summed E-state index contributed by atoms with van der Waals surface area (Å²) in [7, 11) is 0. The van der Waals surface area contributed by atoms with Crippen molar-refractivity contribution < 1.29 is 9.90 Å². The average Bonchev–Trinajstić information content (AvgIpc) is 2.41. The topological polar surface area (TPSA) is 54.3 Å². The van der Waals surface area contributed by atoms with Gasteiger partial charge in [-0.3, -0.25) is 0 Å². The summed E-state index contributed by atoms with van der Waals surface area (Å²) < 4.78 is 2.11. The van der Waals surface area contributed by atoms with Crippen LogP contribution in [0.3, 0.4) is 0 Å². The van der Waals surface area contributed by atoms with Gasteiger partial charge in [-0.1, -0.05) is 0 Å². The Morgan fingerprint density at radius 1 is 1.50 bits per heavy atom. The van der Waals surface area contributed by atoms with Gasteiger partial charge in [0.05, 0.1) is 5.56 Å². The molecule has 1 aromatic heterocycles. The van der Waals surface area contributed by atoms with Crippen LogP contribution in [0.5, 0.6) is 0 Å². The molecule has 1 aliphatic rings. The van der Waals surface area contributed by atoms with Crippen molar-refractivity contribution in [3.05, 3.63) is 22.5 Å². The van der Waals surface area contributed by atoms with E-state index in [1.165, 1.54) is 0 Å². The molecule has 2 rings (SSSR count). The number of aromatic nitrogens is 1. The van der Waals surface area contributed by atoms with E-state index < -0.39 is 5.97 Å². The molecule has 0 aromatic carbocycles. The van der Waals surface area contributed by atoms with E-state index >= 15 is 0 Å². The van der Waals surface area contributed by atoms with Gasteiger partial charge in [0.2, 0.25) is 0 Å². The fourth-order valence-electron chi connectivity index (χ4n) is 2.20. The number of hydrogen-bond donors (Lipinski definition) is 2. The lowest BCUT2D eigenvalue weighted by Crippen LogP contribution is -2.28. The Kier molecular flexibility index (Phi) is 2.07. The Labute approximate surface area is 82.5 Å². The maximum Gasteiger partial charge on any atom is 0.337 e. The molecule has 0 amide bonds. The van der Waals surface area contributed by atoms with Crippen LogP contribution in [0.4, 0.5) is 0 Å². The Morgan fingerprint density at radius 3 is 2.79 bits per heavy atom. The van der Waals surface area contributed by atoms with Crippen LogP contribution in [-0.2, 0) is 13.1 Å². The van der Waals surface area contributed by atoms with Gasteiger partial charge in [0, 0.05) is 31.0 Å². The van der Waals surface area contributed by atoms with E-state index in [9.17, 15) is 4.79 Å². The molecule has 76 valence electrons. The highest BCUT2D eigenvalue weighted by Gasteiger charge is 2.22. The first kappa shape index (κ1) is 9.27. The molecular weight excluding hydrogens is 180 g/mol. The monoisotopic (exact) mass is 194 g/mol. The highest BCUT2D eigenvalue weighted by atomic mass is 16.4. The molecule has 0 spiro atoms. The van der Waals surface area contributed by atoms with Crippen LogP contribution in [-0.4, -0.2) is 22.2 Å². The lowest BCUT2D eigenvalue weighted by Gasteiger charge is -2.18. The molecule has 2 N–H and O–H groups in total.